The van der Waals surface area contributed by atoms with Gasteiger partial charge in [-0.2, -0.15) is 0 Å². The highest BCUT2D eigenvalue weighted by Gasteiger charge is 2.54. The standard InChI is InChI=1S/C83H155NO18/c1-3-5-7-9-11-13-15-17-19-21-23-25-27-29-31-32-33-35-36-38-40-42-44-46-48-50-52-54-56-58-60-67(88)66(84-71(89)61-59-57-55-53-51-49-47-45-43-41-39-37-34-30-28-26-24-22-20-18-16-14-12-10-8-6-4-2)65-97-81-77(95)74(92)79(69(63-86)99-81)102-83-78(96)75(93)80(70(64-87)100-83)101-82-76(94)73(91)72(90)68(62-85)98-82/h16,18,22,24,28,30,66-70,72-83,85-88,90-96H,3-15,17,19-21,23,25-27,29,31-65H2,1-2H3,(H,84,89)/b18-16-,24-22-,30-28-. The Balaban J connectivity index is 1.35. The van der Waals surface area contributed by atoms with E-state index >= 15 is 0 Å². The lowest BCUT2D eigenvalue weighted by Gasteiger charge is -2.48. The third kappa shape index (κ3) is 43.3. The van der Waals surface area contributed by atoms with Crippen LogP contribution >= 0.6 is 0 Å². The van der Waals surface area contributed by atoms with E-state index in [0.717, 1.165) is 64.2 Å². The predicted molar refractivity (Wildman–Crippen MR) is 406 cm³/mol. The molecule has 0 aromatic rings. The van der Waals surface area contributed by atoms with Crippen LogP contribution in [0.1, 0.15) is 354 Å². The molecule has 0 aliphatic carbocycles. The Morgan fingerprint density at radius 1 is 0.353 bits per heavy atom. The van der Waals surface area contributed by atoms with Crippen molar-refractivity contribution in [2.45, 2.75) is 458 Å². The number of aliphatic hydroxyl groups excluding tert-OH is 11. The van der Waals surface area contributed by atoms with Crippen LogP contribution in [-0.4, -0.2) is 193 Å². The van der Waals surface area contributed by atoms with Crippen LogP contribution in [0, 0.1) is 0 Å². The lowest BCUT2D eigenvalue weighted by atomic mass is 9.96. The van der Waals surface area contributed by atoms with Crippen molar-refractivity contribution < 1.29 is 89.4 Å². The van der Waals surface area contributed by atoms with Crippen LogP contribution in [0.15, 0.2) is 36.5 Å². The number of hydrogen-bond acceptors (Lipinski definition) is 18. The Labute approximate surface area is 619 Å². The Hall–Kier alpha value is -1.99. The summed E-state index contributed by atoms with van der Waals surface area (Å²) in [6.07, 6.45) is 52.3. The minimum atomic E-state index is -1.97. The smallest absolute Gasteiger partial charge is 0.220 e. The van der Waals surface area contributed by atoms with Gasteiger partial charge in [-0.1, -0.05) is 333 Å². The van der Waals surface area contributed by atoms with Crippen molar-refractivity contribution in [1.82, 2.24) is 5.32 Å². The van der Waals surface area contributed by atoms with Gasteiger partial charge in [0.15, 0.2) is 18.9 Å². The van der Waals surface area contributed by atoms with E-state index in [4.69, 9.17) is 28.4 Å². The summed E-state index contributed by atoms with van der Waals surface area (Å²) < 4.78 is 34.6. The first-order chi connectivity index (χ1) is 49.8. The fourth-order valence-corrected chi connectivity index (χ4v) is 14.4. The summed E-state index contributed by atoms with van der Waals surface area (Å²) >= 11 is 0. The van der Waals surface area contributed by atoms with Crippen LogP contribution in [0.25, 0.3) is 0 Å². The molecule has 17 unspecified atom stereocenters. The average molecular weight is 1460 g/mol. The fraction of sp³-hybridized carbons (Fsp3) is 0.916. The Morgan fingerprint density at radius 2 is 0.647 bits per heavy atom. The quantitative estimate of drug-likeness (QED) is 0.0199. The Bertz CT molecular complexity index is 1980. The van der Waals surface area contributed by atoms with Crippen LogP contribution in [0.2, 0.25) is 0 Å². The number of aliphatic hydroxyl groups is 11. The summed E-state index contributed by atoms with van der Waals surface area (Å²) in [6, 6.07) is -0.891. The molecule has 3 aliphatic rings. The maximum absolute atomic E-state index is 13.5. The number of rotatable bonds is 68. The molecule has 19 heteroatoms. The van der Waals surface area contributed by atoms with Gasteiger partial charge in [0.1, 0.15) is 73.2 Å². The van der Waals surface area contributed by atoms with E-state index in [2.05, 4.69) is 55.6 Å². The zero-order chi connectivity index (χ0) is 73.9. The Kier molecular flexibility index (Phi) is 59.0. The second kappa shape index (κ2) is 63.9. The number of ether oxygens (including phenoxy) is 6. The number of nitrogens with one attached hydrogen (secondary N) is 1. The highest BCUT2D eigenvalue weighted by atomic mass is 16.8. The van der Waals surface area contributed by atoms with Crippen molar-refractivity contribution in [2.24, 2.45) is 0 Å². The van der Waals surface area contributed by atoms with Crippen LogP contribution in [0.5, 0.6) is 0 Å². The molecule has 12 N–H and O–H groups in total. The highest BCUT2D eigenvalue weighted by molar-refractivity contribution is 5.76. The normalized spacial score (nSPS) is 26.3. The van der Waals surface area contributed by atoms with Crippen molar-refractivity contribution in [3.05, 3.63) is 36.5 Å². The van der Waals surface area contributed by atoms with Gasteiger partial charge in [0.05, 0.1) is 38.6 Å². The molecule has 0 saturated carbocycles. The van der Waals surface area contributed by atoms with Gasteiger partial charge in [-0.15, -0.1) is 0 Å². The van der Waals surface area contributed by atoms with E-state index in [1.807, 2.05) is 0 Å². The second-order valence-corrected chi connectivity index (χ2v) is 30.3. The van der Waals surface area contributed by atoms with E-state index in [1.165, 1.54) is 257 Å². The molecule has 3 saturated heterocycles. The minimum Gasteiger partial charge on any atom is -0.394 e. The molecule has 0 aromatic heterocycles. The van der Waals surface area contributed by atoms with Crippen molar-refractivity contribution in [1.29, 1.82) is 0 Å². The molecule has 3 aliphatic heterocycles. The molecule has 3 fully saturated rings. The monoisotopic (exact) mass is 1450 g/mol. The van der Waals surface area contributed by atoms with Crippen LogP contribution in [0.4, 0.5) is 0 Å². The van der Waals surface area contributed by atoms with Gasteiger partial charge < -0.3 is 89.9 Å². The number of hydrogen-bond donors (Lipinski definition) is 12. The van der Waals surface area contributed by atoms with Crippen LogP contribution in [0.3, 0.4) is 0 Å². The third-order valence-electron chi connectivity index (χ3n) is 21.2. The lowest BCUT2D eigenvalue weighted by Crippen LogP contribution is -2.66. The molecule has 3 rings (SSSR count). The number of carbonyl (C=O) groups is 1. The zero-order valence-electron chi connectivity index (χ0n) is 64.4. The summed E-state index contributed by atoms with van der Waals surface area (Å²) in [5.41, 5.74) is 0. The highest BCUT2D eigenvalue weighted by Crippen LogP contribution is 2.33. The van der Waals surface area contributed by atoms with Gasteiger partial charge in [-0.25, -0.2) is 0 Å². The summed E-state index contributed by atoms with van der Waals surface area (Å²) in [5.74, 6) is -0.240. The number of carbonyl (C=O) groups excluding carboxylic acids is 1. The van der Waals surface area contributed by atoms with E-state index in [1.54, 1.807) is 0 Å². The molecule has 1 amide bonds. The first-order valence-corrected chi connectivity index (χ1v) is 42.2. The molecule has 3 heterocycles. The van der Waals surface area contributed by atoms with E-state index in [9.17, 15) is 61.0 Å². The topological polar surface area (TPSA) is 307 Å². The van der Waals surface area contributed by atoms with Gasteiger partial charge in [0.25, 0.3) is 0 Å². The van der Waals surface area contributed by atoms with Crippen molar-refractivity contribution in [3.8, 4) is 0 Å². The molecule has 600 valence electrons. The molecular formula is C83H155NO18. The van der Waals surface area contributed by atoms with Crippen LogP contribution < -0.4 is 5.32 Å². The third-order valence-corrected chi connectivity index (χ3v) is 21.2. The van der Waals surface area contributed by atoms with Crippen molar-refractivity contribution in [3.63, 3.8) is 0 Å². The van der Waals surface area contributed by atoms with Gasteiger partial charge in [0, 0.05) is 6.42 Å². The first-order valence-electron chi connectivity index (χ1n) is 42.2. The molecule has 0 aromatic carbocycles. The molecule has 17 atom stereocenters. The number of unbranched alkanes of at least 4 members (excludes halogenated alkanes) is 46. The molecule has 19 nitrogen and oxygen atoms in total. The van der Waals surface area contributed by atoms with Crippen LogP contribution in [-0.2, 0) is 33.2 Å². The molecule has 0 spiro atoms. The van der Waals surface area contributed by atoms with Crippen molar-refractivity contribution in [2.75, 3.05) is 26.4 Å². The number of amides is 1. The second-order valence-electron chi connectivity index (χ2n) is 30.3. The van der Waals surface area contributed by atoms with E-state index in [-0.39, 0.29) is 18.9 Å². The maximum Gasteiger partial charge on any atom is 0.220 e. The number of allylic oxidation sites excluding steroid dienone is 6. The molecule has 102 heavy (non-hydrogen) atoms. The molecule has 0 bridgehead atoms. The summed E-state index contributed by atoms with van der Waals surface area (Å²) in [5, 5.41) is 121. The van der Waals surface area contributed by atoms with Gasteiger partial charge in [-0.05, 0) is 51.4 Å². The van der Waals surface area contributed by atoms with Gasteiger partial charge >= 0.3 is 0 Å². The van der Waals surface area contributed by atoms with Gasteiger partial charge in [-0.3, -0.25) is 4.79 Å². The van der Waals surface area contributed by atoms with E-state index in [0.29, 0.717) is 12.8 Å². The van der Waals surface area contributed by atoms with Gasteiger partial charge in [0.2, 0.25) is 5.91 Å². The largest absolute Gasteiger partial charge is 0.394 e. The zero-order valence-corrected chi connectivity index (χ0v) is 64.4. The lowest BCUT2D eigenvalue weighted by molar-refractivity contribution is -0.379. The van der Waals surface area contributed by atoms with Crippen molar-refractivity contribution >= 4 is 5.91 Å². The SMILES string of the molecule is CCCCCCC/C=C\C/C=C\C/C=C\CCCCCCCCCCCCCCC(=O)NC(COC1OC(CO)C(OC2OC(CO)C(OC3OC(CO)C(O)C(O)C3O)C(O)C2O)C(O)C1O)C(O)CCCCCCCCCCCCCCCCCCCCCCCCCCCCCCCC. The predicted octanol–water partition coefficient (Wildman–Crippen LogP) is 14.7. The Morgan fingerprint density at radius 3 is 1.01 bits per heavy atom. The summed E-state index contributed by atoms with van der Waals surface area (Å²) in [6.45, 7) is 1.84. The first kappa shape index (κ1) is 94.2. The maximum atomic E-state index is 13.5. The molecular weight excluding hydrogens is 1300 g/mol. The molecule has 0 radical (unpaired) electrons. The summed E-state index contributed by atoms with van der Waals surface area (Å²) in [4.78, 5) is 13.5. The minimum absolute atomic E-state index is 0.240. The summed E-state index contributed by atoms with van der Waals surface area (Å²) in [7, 11) is 0. The fourth-order valence-electron chi connectivity index (χ4n) is 14.4. The van der Waals surface area contributed by atoms with E-state index < -0.39 is 124 Å². The average Bonchev–Trinajstić information content (AvgIpc) is 0.782.